The number of carbonyl (C=O) groups is 2. The summed E-state index contributed by atoms with van der Waals surface area (Å²) in [5.74, 6) is -1.15. The second kappa shape index (κ2) is 17.8. The Labute approximate surface area is 212 Å². The van der Waals surface area contributed by atoms with Crippen LogP contribution in [0.3, 0.4) is 0 Å². The zero-order valence-corrected chi connectivity index (χ0v) is 22.0. The standard InChI is InChI=1S/C29H45ClO4/c1-2-3-4-5-6-7-8-9-10-11-12-13-18-23-33-28(31)24-19-14-15-20-25(24)29(32)34-27-22-17-16-21-26(27)30/h16-17,21-22,24-25H,2-15,18-20,23H2,1H3. The Morgan fingerprint density at radius 2 is 1.26 bits per heavy atom. The maximum absolute atomic E-state index is 12.7. The van der Waals surface area contributed by atoms with Gasteiger partial charge in [0.2, 0.25) is 0 Å². The Kier molecular flexibility index (Phi) is 15.0. The number of benzene rings is 1. The molecule has 2 unspecified atom stereocenters. The number of hydrogen-bond acceptors (Lipinski definition) is 4. The molecule has 2 rings (SSSR count). The van der Waals surface area contributed by atoms with Crippen LogP contribution in [0.2, 0.25) is 5.02 Å². The number of esters is 2. The van der Waals surface area contributed by atoms with Gasteiger partial charge < -0.3 is 9.47 Å². The molecule has 2 atom stereocenters. The van der Waals surface area contributed by atoms with E-state index < -0.39 is 11.8 Å². The van der Waals surface area contributed by atoms with Crippen LogP contribution in [0.4, 0.5) is 0 Å². The molecule has 1 fully saturated rings. The van der Waals surface area contributed by atoms with Gasteiger partial charge in [-0.05, 0) is 31.4 Å². The first-order valence-corrected chi connectivity index (χ1v) is 14.1. The summed E-state index contributed by atoms with van der Waals surface area (Å²) in [4.78, 5) is 25.4. The third-order valence-corrected chi connectivity index (χ3v) is 7.22. The maximum Gasteiger partial charge on any atom is 0.315 e. The fourth-order valence-corrected chi connectivity index (χ4v) is 4.98. The number of unbranched alkanes of at least 4 members (excludes halogenated alkanes) is 12. The molecule has 192 valence electrons. The van der Waals surface area contributed by atoms with Crippen molar-refractivity contribution >= 4 is 23.5 Å². The summed E-state index contributed by atoms with van der Waals surface area (Å²) in [6, 6.07) is 6.92. The van der Waals surface area contributed by atoms with E-state index in [1.807, 2.05) is 0 Å². The van der Waals surface area contributed by atoms with Gasteiger partial charge in [-0.25, -0.2) is 0 Å². The van der Waals surface area contributed by atoms with Gasteiger partial charge in [0.15, 0.2) is 0 Å². The molecule has 0 saturated heterocycles. The van der Waals surface area contributed by atoms with Crippen LogP contribution in [-0.2, 0) is 14.3 Å². The average molecular weight is 493 g/mol. The third kappa shape index (κ3) is 11.3. The molecule has 1 saturated carbocycles. The highest BCUT2D eigenvalue weighted by Crippen LogP contribution is 2.33. The molecule has 0 bridgehead atoms. The van der Waals surface area contributed by atoms with E-state index in [2.05, 4.69) is 6.92 Å². The first-order valence-electron chi connectivity index (χ1n) is 13.8. The van der Waals surface area contributed by atoms with Crippen LogP contribution in [0.1, 0.15) is 116 Å². The van der Waals surface area contributed by atoms with Gasteiger partial charge in [-0.1, -0.05) is 121 Å². The van der Waals surface area contributed by atoms with Crippen molar-refractivity contribution in [2.24, 2.45) is 11.8 Å². The zero-order chi connectivity index (χ0) is 24.4. The molecular weight excluding hydrogens is 448 g/mol. The predicted molar refractivity (Wildman–Crippen MR) is 139 cm³/mol. The highest BCUT2D eigenvalue weighted by Gasteiger charge is 2.38. The molecular formula is C29H45ClO4. The lowest BCUT2D eigenvalue weighted by molar-refractivity contribution is -0.158. The van der Waals surface area contributed by atoms with Crippen LogP contribution < -0.4 is 4.74 Å². The summed E-state index contributed by atoms with van der Waals surface area (Å²) < 4.78 is 11.1. The van der Waals surface area contributed by atoms with Crippen molar-refractivity contribution in [3.05, 3.63) is 29.3 Å². The topological polar surface area (TPSA) is 52.6 Å². The SMILES string of the molecule is CCCCCCCCCCCCCCCOC(=O)C1CCCCC1C(=O)Oc1ccccc1Cl. The molecule has 0 heterocycles. The average Bonchev–Trinajstić information content (AvgIpc) is 2.85. The van der Waals surface area contributed by atoms with Gasteiger partial charge in [0, 0.05) is 0 Å². The van der Waals surface area contributed by atoms with Crippen molar-refractivity contribution in [3.63, 3.8) is 0 Å². The number of rotatable bonds is 17. The second-order valence-electron chi connectivity index (χ2n) is 9.76. The van der Waals surface area contributed by atoms with E-state index in [0.29, 0.717) is 30.2 Å². The first-order chi connectivity index (χ1) is 16.6. The van der Waals surface area contributed by atoms with Crippen molar-refractivity contribution in [3.8, 4) is 5.75 Å². The summed E-state index contributed by atoms with van der Waals surface area (Å²) in [5.41, 5.74) is 0. The number of para-hydroxylation sites is 1. The zero-order valence-electron chi connectivity index (χ0n) is 21.2. The van der Waals surface area contributed by atoms with Gasteiger partial charge >= 0.3 is 11.9 Å². The van der Waals surface area contributed by atoms with Gasteiger partial charge in [0.1, 0.15) is 5.75 Å². The molecule has 0 aromatic heterocycles. The predicted octanol–water partition coefficient (Wildman–Crippen LogP) is 8.69. The Bertz CT molecular complexity index is 705. The summed E-state index contributed by atoms with van der Waals surface area (Å²) in [6.07, 6.45) is 19.9. The Morgan fingerprint density at radius 3 is 1.82 bits per heavy atom. The molecule has 0 amide bonds. The maximum atomic E-state index is 12.7. The summed E-state index contributed by atoms with van der Waals surface area (Å²) in [7, 11) is 0. The minimum Gasteiger partial charge on any atom is -0.465 e. The first kappa shape index (κ1) is 28.7. The third-order valence-electron chi connectivity index (χ3n) is 6.91. The molecule has 4 nitrogen and oxygen atoms in total. The lowest BCUT2D eigenvalue weighted by Gasteiger charge is -2.28. The molecule has 1 aliphatic rings. The van der Waals surface area contributed by atoms with E-state index in [9.17, 15) is 9.59 Å². The van der Waals surface area contributed by atoms with Gasteiger partial charge in [-0.2, -0.15) is 0 Å². The van der Waals surface area contributed by atoms with Crippen LogP contribution in [0.5, 0.6) is 5.75 Å². The van der Waals surface area contributed by atoms with Crippen LogP contribution in [0.15, 0.2) is 24.3 Å². The minimum absolute atomic E-state index is 0.250. The summed E-state index contributed by atoms with van der Waals surface area (Å²) >= 11 is 6.11. The van der Waals surface area contributed by atoms with Crippen LogP contribution in [0.25, 0.3) is 0 Å². The molecule has 0 aliphatic heterocycles. The Hall–Kier alpha value is -1.55. The summed E-state index contributed by atoms with van der Waals surface area (Å²) in [6.45, 7) is 2.71. The minimum atomic E-state index is -0.454. The summed E-state index contributed by atoms with van der Waals surface area (Å²) in [5, 5.41) is 0.396. The molecule has 1 aromatic carbocycles. The smallest absolute Gasteiger partial charge is 0.315 e. The Balaban J connectivity index is 1.55. The van der Waals surface area contributed by atoms with Crippen LogP contribution >= 0.6 is 11.6 Å². The van der Waals surface area contributed by atoms with E-state index in [4.69, 9.17) is 21.1 Å². The quantitative estimate of drug-likeness (QED) is 0.124. The van der Waals surface area contributed by atoms with Crippen molar-refractivity contribution in [1.82, 2.24) is 0 Å². The molecule has 0 radical (unpaired) electrons. The van der Waals surface area contributed by atoms with E-state index in [1.54, 1.807) is 24.3 Å². The fraction of sp³-hybridized carbons (Fsp3) is 0.724. The number of hydrogen-bond donors (Lipinski definition) is 0. The van der Waals surface area contributed by atoms with Gasteiger partial charge in [0.25, 0.3) is 0 Å². The largest absolute Gasteiger partial charge is 0.465 e. The Morgan fingerprint density at radius 1 is 0.765 bits per heavy atom. The molecule has 5 heteroatoms. The highest BCUT2D eigenvalue weighted by molar-refractivity contribution is 6.32. The number of carbonyl (C=O) groups excluding carboxylic acids is 2. The van der Waals surface area contributed by atoms with E-state index in [1.165, 1.54) is 70.6 Å². The molecule has 34 heavy (non-hydrogen) atoms. The van der Waals surface area contributed by atoms with Crippen molar-refractivity contribution in [1.29, 1.82) is 0 Å². The van der Waals surface area contributed by atoms with E-state index in [-0.39, 0.29) is 11.9 Å². The lowest BCUT2D eigenvalue weighted by atomic mass is 9.79. The van der Waals surface area contributed by atoms with Crippen molar-refractivity contribution in [2.75, 3.05) is 6.61 Å². The highest BCUT2D eigenvalue weighted by atomic mass is 35.5. The second-order valence-corrected chi connectivity index (χ2v) is 10.2. The monoisotopic (exact) mass is 492 g/mol. The van der Waals surface area contributed by atoms with Crippen LogP contribution in [0, 0.1) is 11.8 Å². The fourth-order valence-electron chi connectivity index (χ4n) is 4.81. The van der Waals surface area contributed by atoms with Gasteiger partial charge in [-0.15, -0.1) is 0 Å². The molecule has 1 aromatic rings. The molecule has 0 spiro atoms. The van der Waals surface area contributed by atoms with Gasteiger partial charge in [-0.3, -0.25) is 9.59 Å². The molecule has 0 N–H and O–H groups in total. The van der Waals surface area contributed by atoms with Crippen LogP contribution in [-0.4, -0.2) is 18.5 Å². The normalized spacial score (nSPS) is 17.9. The van der Waals surface area contributed by atoms with Crippen molar-refractivity contribution in [2.45, 2.75) is 116 Å². The lowest BCUT2D eigenvalue weighted by Crippen LogP contribution is -2.36. The van der Waals surface area contributed by atoms with Crippen molar-refractivity contribution < 1.29 is 19.1 Å². The van der Waals surface area contributed by atoms with E-state index in [0.717, 1.165) is 25.7 Å². The number of ether oxygens (including phenoxy) is 2. The van der Waals surface area contributed by atoms with E-state index >= 15 is 0 Å². The van der Waals surface area contributed by atoms with Gasteiger partial charge in [0.05, 0.1) is 23.5 Å². The molecule has 1 aliphatic carbocycles. The number of halogens is 1.